The van der Waals surface area contributed by atoms with Gasteiger partial charge in [0.15, 0.2) is 18.8 Å². The number of aromatic nitrogens is 3. The molecule has 3 heterocycles. The summed E-state index contributed by atoms with van der Waals surface area (Å²) >= 11 is 1.20. The molecule has 0 aliphatic carbocycles. The maximum atomic E-state index is 14.3. The Kier molecular flexibility index (Phi) is 11.3. The van der Waals surface area contributed by atoms with Crippen LogP contribution in [0.25, 0.3) is 32.4 Å². The van der Waals surface area contributed by atoms with Crippen LogP contribution in [0, 0.1) is 0 Å². The second-order valence-corrected chi connectivity index (χ2v) is 26.4. The molecule has 1 unspecified atom stereocenters. The summed E-state index contributed by atoms with van der Waals surface area (Å²) in [5, 5.41) is 0.520. The van der Waals surface area contributed by atoms with Crippen molar-refractivity contribution in [3.63, 3.8) is 0 Å². The van der Waals surface area contributed by atoms with E-state index in [1.54, 1.807) is 16.7 Å². The Morgan fingerprint density at radius 1 is 1.02 bits per heavy atom. The first-order valence-corrected chi connectivity index (χ1v) is 24.3. The van der Waals surface area contributed by atoms with Crippen LogP contribution in [-0.4, -0.2) is 63.0 Å². The van der Waals surface area contributed by atoms with Crippen LogP contribution in [0.15, 0.2) is 39.9 Å². The van der Waals surface area contributed by atoms with Crippen molar-refractivity contribution in [3.05, 3.63) is 56.6 Å². The first kappa shape index (κ1) is 34.7. The molecule has 4 aromatic rings. The fraction of sp³-hybridized carbons (Fsp3) is 0.545. The lowest BCUT2D eigenvalue weighted by atomic mass is 10.1. The molecule has 1 aliphatic heterocycles. The van der Waals surface area contributed by atoms with Gasteiger partial charge in [0.05, 0.1) is 22.2 Å². The van der Waals surface area contributed by atoms with Gasteiger partial charge < -0.3 is 23.7 Å². The highest BCUT2D eigenvalue weighted by molar-refractivity contribution is 7.13. The van der Waals surface area contributed by atoms with Crippen LogP contribution in [0.3, 0.4) is 0 Å². The van der Waals surface area contributed by atoms with E-state index in [1.807, 2.05) is 18.2 Å². The van der Waals surface area contributed by atoms with Gasteiger partial charge in [0.1, 0.15) is 17.9 Å². The zero-order valence-electron chi connectivity index (χ0n) is 27.9. The third kappa shape index (κ3) is 9.03. The largest absolute Gasteiger partial charge is 0.465 e. The van der Waals surface area contributed by atoms with Crippen molar-refractivity contribution in [2.45, 2.75) is 90.3 Å². The number of fused-ring (bicyclic) bond motifs is 2. The molecule has 1 saturated heterocycles. The van der Waals surface area contributed by atoms with E-state index < -0.39 is 16.1 Å². The molecule has 5 rings (SSSR count). The van der Waals surface area contributed by atoms with Crippen molar-refractivity contribution in [1.29, 1.82) is 0 Å². The molecule has 250 valence electrons. The number of ether oxygens (including phenoxy) is 5. The Morgan fingerprint density at radius 3 is 2.50 bits per heavy atom. The smallest absolute Gasteiger partial charge is 0.279 e. The maximum Gasteiger partial charge on any atom is 0.279 e. The van der Waals surface area contributed by atoms with E-state index in [2.05, 4.69) is 43.7 Å². The van der Waals surface area contributed by atoms with Crippen LogP contribution >= 0.6 is 11.5 Å². The predicted octanol–water partition coefficient (Wildman–Crippen LogP) is 7.01. The van der Waals surface area contributed by atoms with Crippen molar-refractivity contribution in [3.8, 4) is 17.0 Å². The lowest BCUT2D eigenvalue weighted by molar-refractivity contribution is -0.168. The predicted molar refractivity (Wildman–Crippen MR) is 190 cm³/mol. The lowest BCUT2D eigenvalue weighted by Gasteiger charge is -2.23. The number of aromatic amines is 1. The van der Waals surface area contributed by atoms with Gasteiger partial charge in [-0.2, -0.15) is 0 Å². The van der Waals surface area contributed by atoms with E-state index in [0.29, 0.717) is 52.3 Å². The summed E-state index contributed by atoms with van der Waals surface area (Å²) in [5.74, 6) is 0.486. The molecular weight excluding hydrogens is 639 g/mol. The van der Waals surface area contributed by atoms with E-state index in [4.69, 9.17) is 28.7 Å². The molecule has 0 bridgehead atoms. The Hall–Kier alpha value is -2.66. The van der Waals surface area contributed by atoms with Crippen molar-refractivity contribution in [1.82, 2.24) is 13.9 Å². The number of nitrogens with one attached hydrogen (secondary N) is 1. The summed E-state index contributed by atoms with van der Waals surface area (Å²) in [6.45, 7) is 16.0. The van der Waals surface area contributed by atoms with Crippen LogP contribution in [0.1, 0.15) is 24.8 Å². The highest BCUT2D eigenvalue weighted by Crippen LogP contribution is 2.32. The summed E-state index contributed by atoms with van der Waals surface area (Å²) in [6.07, 6.45) is 2.69. The summed E-state index contributed by atoms with van der Waals surface area (Å²) < 4.78 is 35.3. The lowest BCUT2D eigenvalue weighted by Crippen LogP contribution is -2.27. The molecule has 1 N–H and O–H groups in total. The first-order valence-electron chi connectivity index (χ1n) is 16.1. The van der Waals surface area contributed by atoms with Gasteiger partial charge in [0.25, 0.3) is 11.1 Å². The molecule has 0 saturated carbocycles. The number of rotatable bonds is 15. The van der Waals surface area contributed by atoms with E-state index >= 15 is 0 Å². The Morgan fingerprint density at radius 2 is 1.78 bits per heavy atom. The van der Waals surface area contributed by atoms with Gasteiger partial charge >= 0.3 is 0 Å². The summed E-state index contributed by atoms with van der Waals surface area (Å²) in [4.78, 5) is 31.7. The van der Waals surface area contributed by atoms with Crippen molar-refractivity contribution < 1.29 is 23.7 Å². The Bertz CT molecular complexity index is 1750. The molecule has 0 spiro atoms. The summed E-state index contributed by atoms with van der Waals surface area (Å²) in [6, 6.07) is 11.2. The fourth-order valence-electron chi connectivity index (χ4n) is 5.13. The molecule has 1 atom stereocenters. The number of hydrogen-bond donors (Lipinski definition) is 1. The quantitative estimate of drug-likeness (QED) is 0.0808. The monoisotopic (exact) mass is 685 g/mol. The second kappa shape index (κ2) is 15.1. The van der Waals surface area contributed by atoms with Crippen LogP contribution in [-0.2, 0) is 32.3 Å². The third-order valence-electron chi connectivity index (χ3n) is 7.92. The van der Waals surface area contributed by atoms with Crippen LogP contribution in [0.5, 0.6) is 5.75 Å². The Labute approximate surface area is 276 Å². The van der Waals surface area contributed by atoms with Gasteiger partial charge in [0.2, 0.25) is 0 Å². The molecule has 1 aliphatic rings. The van der Waals surface area contributed by atoms with Gasteiger partial charge in [-0.3, -0.25) is 18.5 Å². The molecular formula is C33H47N3O7SSi2. The van der Waals surface area contributed by atoms with Gasteiger partial charge in [-0.1, -0.05) is 62.9 Å². The summed E-state index contributed by atoms with van der Waals surface area (Å²) in [5.41, 5.74) is 2.24. The van der Waals surface area contributed by atoms with Gasteiger partial charge in [-0.05, 0) is 55.1 Å². The molecule has 10 nitrogen and oxygen atoms in total. The third-order valence-corrected chi connectivity index (χ3v) is 12.3. The average molecular weight is 686 g/mol. The highest BCUT2D eigenvalue weighted by atomic mass is 32.1. The molecule has 0 amide bonds. The van der Waals surface area contributed by atoms with Crippen LogP contribution < -0.4 is 15.9 Å². The Balaban J connectivity index is 1.58. The molecule has 2 aromatic heterocycles. The minimum Gasteiger partial charge on any atom is -0.465 e. The van der Waals surface area contributed by atoms with E-state index in [9.17, 15) is 9.59 Å². The first-order chi connectivity index (χ1) is 21.9. The van der Waals surface area contributed by atoms with Gasteiger partial charge in [-0.25, -0.2) is 4.98 Å². The van der Waals surface area contributed by atoms with Gasteiger partial charge in [-0.15, -0.1) is 0 Å². The molecule has 0 radical (unpaired) electrons. The number of hydrogen-bond acceptors (Lipinski definition) is 9. The van der Waals surface area contributed by atoms with Crippen molar-refractivity contribution in [2.24, 2.45) is 0 Å². The molecule has 1 fully saturated rings. The minimum absolute atomic E-state index is 0.0491. The van der Waals surface area contributed by atoms with Gasteiger partial charge in [0, 0.05) is 41.5 Å². The zero-order valence-corrected chi connectivity index (χ0v) is 30.7. The van der Waals surface area contributed by atoms with Crippen molar-refractivity contribution in [2.75, 3.05) is 26.6 Å². The number of benzene rings is 2. The van der Waals surface area contributed by atoms with Crippen LogP contribution in [0.2, 0.25) is 51.4 Å². The second-order valence-electron chi connectivity index (χ2n) is 14.3. The van der Waals surface area contributed by atoms with Crippen LogP contribution in [0.4, 0.5) is 0 Å². The normalized spacial score (nSPS) is 16.0. The van der Waals surface area contributed by atoms with E-state index in [-0.39, 0.29) is 43.2 Å². The number of nitrogens with zero attached hydrogens (tertiary/aromatic N) is 2. The topological polar surface area (TPSA) is 114 Å². The standard InChI is InChI=1S/C33H47N3O7SSi2/c1-45(2,3)16-14-39-21-36-26-18-23(20-42-28-12-7-8-13-41-28)19-27(43-22-40-15-17-46(4,5)6)30(26)34-29(33(36)38)24-10-9-11-25-31(24)44-35-32(25)37/h9-11,18-19,28H,7-8,12-17,20-22H2,1-6H3,(H,35,37). The molecule has 46 heavy (non-hydrogen) atoms. The average Bonchev–Trinajstić information content (AvgIpc) is 3.39. The number of H-pyrrole nitrogens is 1. The van der Waals surface area contributed by atoms with E-state index in [0.717, 1.165) is 36.9 Å². The maximum absolute atomic E-state index is 14.3. The SMILES string of the molecule is C[Si](C)(C)CCOCOc1cc(COC2CCCCO2)cc2c1nc(-c1cccc3c(=O)[nH]sc13)c(=O)n2COCC[Si](C)(C)C. The van der Waals surface area contributed by atoms with E-state index in [1.165, 1.54) is 11.5 Å². The minimum atomic E-state index is -1.35. The zero-order chi connectivity index (χ0) is 32.9. The molecule has 13 heteroatoms. The fourth-order valence-corrected chi connectivity index (χ4v) is 7.50. The van der Waals surface area contributed by atoms with Crippen molar-refractivity contribution >= 4 is 48.8 Å². The highest BCUT2D eigenvalue weighted by Gasteiger charge is 2.22. The molecule has 2 aromatic carbocycles. The summed E-state index contributed by atoms with van der Waals surface area (Å²) in [7, 11) is -2.62.